The molecule has 2 amide bonds. The highest BCUT2D eigenvalue weighted by Crippen LogP contribution is 2.32. The summed E-state index contributed by atoms with van der Waals surface area (Å²) in [6, 6.07) is 12.1. The first-order valence-electron chi connectivity index (χ1n) is 7.04. The van der Waals surface area contributed by atoms with Crippen molar-refractivity contribution >= 4 is 29.0 Å². The number of benzene rings is 1. The van der Waals surface area contributed by atoms with Gasteiger partial charge in [-0.3, -0.25) is 0 Å². The van der Waals surface area contributed by atoms with E-state index in [-0.39, 0.29) is 12.1 Å². The quantitative estimate of drug-likeness (QED) is 0.884. The zero-order chi connectivity index (χ0) is 14.8. The summed E-state index contributed by atoms with van der Waals surface area (Å²) >= 11 is 7.62. The number of hydrogen-bond acceptors (Lipinski definition) is 2. The van der Waals surface area contributed by atoms with Crippen LogP contribution in [-0.4, -0.2) is 24.0 Å². The average Bonchev–Trinajstić information content (AvgIpc) is 2.87. The monoisotopic (exact) mass is 320 g/mol. The van der Waals surface area contributed by atoms with Crippen molar-refractivity contribution in [2.75, 3.05) is 13.1 Å². The standard InChI is InChI=1S/C16H17ClN2OS/c1-11(18-16(20)19-9-2-10-19)14-7-8-15(21-14)12-3-5-13(17)6-4-12/h3-8,11H,2,9-10H2,1H3,(H,18,20). The van der Waals surface area contributed by atoms with Gasteiger partial charge in [-0.1, -0.05) is 23.7 Å². The van der Waals surface area contributed by atoms with E-state index in [0.717, 1.165) is 35.0 Å². The van der Waals surface area contributed by atoms with Crippen LogP contribution in [0.25, 0.3) is 10.4 Å². The molecular formula is C16H17ClN2OS. The minimum Gasteiger partial charge on any atom is -0.331 e. The zero-order valence-electron chi connectivity index (χ0n) is 11.8. The Labute approximate surface area is 133 Å². The van der Waals surface area contributed by atoms with E-state index in [4.69, 9.17) is 11.6 Å². The molecular weight excluding hydrogens is 304 g/mol. The summed E-state index contributed by atoms with van der Waals surface area (Å²) in [5.41, 5.74) is 1.15. The third-order valence-corrected chi connectivity index (χ3v) is 5.23. The number of thiophene rings is 1. The summed E-state index contributed by atoms with van der Waals surface area (Å²) in [7, 11) is 0. The second-order valence-electron chi connectivity index (χ2n) is 5.22. The lowest BCUT2D eigenvalue weighted by Gasteiger charge is -2.31. The van der Waals surface area contributed by atoms with E-state index in [2.05, 4.69) is 17.4 Å². The van der Waals surface area contributed by atoms with Gasteiger partial charge in [-0.05, 0) is 43.2 Å². The van der Waals surface area contributed by atoms with Gasteiger partial charge >= 0.3 is 6.03 Å². The van der Waals surface area contributed by atoms with E-state index >= 15 is 0 Å². The molecule has 0 radical (unpaired) electrons. The zero-order valence-corrected chi connectivity index (χ0v) is 13.4. The molecule has 1 aliphatic heterocycles. The smallest absolute Gasteiger partial charge is 0.317 e. The maximum Gasteiger partial charge on any atom is 0.317 e. The first-order valence-corrected chi connectivity index (χ1v) is 8.24. The lowest BCUT2D eigenvalue weighted by molar-refractivity contribution is 0.165. The Bertz CT molecular complexity index is 634. The molecule has 0 aliphatic carbocycles. The van der Waals surface area contributed by atoms with Crippen molar-refractivity contribution in [1.29, 1.82) is 0 Å². The van der Waals surface area contributed by atoms with Crippen LogP contribution in [0, 0.1) is 0 Å². The van der Waals surface area contributed by atoms with Crippen LogP contribution in [0.15, 0.2) is 36.4 Å². The number of nitrogens with one attached hydrogen (secondary N) is 1. The summed E-state index contributed by atoms with van der Waals surface area (Å²) in [6.07, 6.45) is 1.11. The number of carbonyl (C=O) groups is 1. The Morgan fingerprint density at radius 3 is 2.57 bits per heavy atom. The summed E-state index contributed by atoms with van der Waals surface area (Å²) in [5.74, 6) is 0. The molecule has 1 atom stereocenters. The number of carbonyl (C=O) groups excluding carboxylic acids is 1. The number of halogens is 1. The number of likely N-dealkylation sites (tertiary alicyclic amines) is 1. The van der Waals surface area contributed by atoms with Gasteiger partial charge in [0, 0.05) is 27.9 Å². The van der Waals surface area contributed by atoms with E-state index in [1.165, 1.54) is 4.88 Å². The maximum atomic E-state index is 11.9. The first kappa shape index (κ1) is 14.4. The Kier molecular flexibility index (Phi) is 4.17. The van der Waals surface area contributed by atoms with Gasteiger partial charge in [-0.2, -0.15) is 0 Å². The molecule has 3 rings (SSSR count). The maximum absolute atomic E-state index is 11.9. The van der Waals surface area contributed by atoms with Gasteiger partial charge in [0.05, 0.1) is 6.04 Å². The van der Waals surface area contributed by atoms with Crippen LogP contribution in [0.3, 0.4) is 0 Å². The molecule has 1 fully saturated rings. The van der Waals surface area contributed by atoms with Gasteiger partial charge in [0.1, 0.15) is 0 Å². The Balaban J connectivity index is 1.68. The van der Waals surface area contributed by atoms with Crippen LogP contribution < -0.4 is 5.32 Å². The van der Waals surface area contributed by atoms with E-state index < -0.39 is 0 Å². The van der Waals surface area contributed by atoms with E-state index in [1.54, 1.807) is 11.3 Å². The molecule has 2 heterocycles. The minimum absolute atomic E-state index is 0.0316. The molecule has 0 saturated carbocycles. The second-order valence-corrected chi connectivity index (χ2v) is 6.77. The van der Waals surface area contributed by atoms with Crippen LogP contribution in [-0.2, 0) is 0 Å². The molecule has 1 aromatic carbocycles. The molecule has 0 bridgehead atoms. The molecule has 2 aromatic rings. The van der Waals surface area contributed by atoms with E-state index in [0.29, 0.717) is 0 Å². The number of nitrogens with zero attached hydrogens (tertiary/aromatic N) is 1. The van der Waals surface area contributed by atoms with Crippen molar-refractivity contribution in [3.63, 3.8) is 0 Å². The molecule has 1 saturated heterocycles. The van der Waals surface area contributed by atoms with Crippen LogP contribution in [0.5, 0.6) is 0 Å². The predicted octanol–water partition coefficient (Wildman–Crippen LogP) is 4.54. The molecule has 110 valence electrons. The van der Waals surface area contributed by atoms with Crippen molar-refractivity contribution in [2.24, 2.45) is 0 Å². The van der Waals surface area contributed by atoms with Gasteiger partial charge in [-0.15, -0.1) is 11.3 Å². The largest absolute Gasteiger partial charge is 0.331 e. The Morgan fingerprint density at radius 2 is 1.95 bits per heavy atom. The first-order chi connectivity index (χ1) is 10.1. The second kappa shape index (κ2) is 6.08. The number of hydrogen-bond donors (Lipinski definition) is 1. The van der Waals surface area contributed by atoms with Crippen LogP contribution in [0.2, 0.25) is 5.02 Å². The number of amides is 2. The lowest BCUT2D eigenvalue weighted by Crippen LogP contribution is -2.48. The van der Waals surface area contributed by atoms with Crippen molar-refractivity contribution in [1.82, 2.24) is 10.2 Å². The van der Waals surface area contributed by atoms with Crippen molar-refractivity contribution in [2.45, 2.75) is 19.4 Å². The topological polar surface area (TPSA) is 32.3 Å². The molecule has 21 heavy (non-hydrogen) atoms. The molecule has 1 aromatic heterocycles. The molecule has 1 aliphatic rings. The highest BCUT2D eigenvalue weighted by atomic mass is 35.5. The fourth-order valence-corrected chi connectivity index (χ4v) is 3.36. The number of rotatable bonds is 3. The molecule has 5 heteroatoms. The Hall–Kier alpha value is -1.52. The summed E-state index contributed by atoms with van der Waals surface area (Å²) in [5, 5.41) is 3.79. The third kappa shape index (κ3) is 3.22. The normalized spacial score (nSPS) is 15.4. The number of urea groups is 1. The lowest BCUT2D eigenvalue weighted by atomic mass is 10.2. The van der Waals surface area contributed by atoms with Crippen LogP contribution in [0.4, 0.5) is 4.79 Å². The fourth-order valence-electron chi connectivity index (χ4n) is 2.22. The summed E-state index contributed by atoms with van der Waals surface area (Å²) in [6.45, 7) is 3.77. The highest BCUT2D eigenvalue weighted by molar-refractivity contribution is 7.15. The van der Waals surface area contributed by atoms with E-state index in [1.807, 2.05) is 36.1 Å². The summed E-state index contributed by atoms with van der Waals surface area (Å²) in [4.78, 5) is 16.1. The van der Waals surface area contributed by atoms with E-state index in [9.17, 15) is 4.79 Å². The van der Waals surface area contributed by atoms with Gasteiger partial charge in [0.15, 0.2) is 0 Å². The molecule has 3 nitrogen and oxygen atoms in total. The van der Waals surface area contributed by atoms with Crippen molar-refractivity contribution < 1.29 is 4.79 Å². The van der Waals surface area contributed by atoms with Crippen LogP contribution in [0.1, 0.15) is 24.3 Å². The predicted molar refractivity (Wildman–Crippen MR) is 87.9 cm³/mol. The van der Waals surface area contributed by atoms with Crippen molar-refractivity contribution in [3.05, 3.63) is 46.3 Å². The average molecular weight is 321 g/mol. The van der Waals surface area contributed by atoms with Gasteiger partial charge < -0.3 is 10.2 Å². The van der Waals surface area contributed by atoms with Crippen molar-refractivity contribution in [3.8, 4) is 10.4 Å². The van der Waals surface area contributed by atoms with Gasteiger partial charge in [0.2, 0.25) is 0 Å². The minimum atomic E-state index is 0.0316. The third-order valence-electron chi connectivity index (χ3n) is 3.67. The van der Waals surface area contributed by atoms with Gasteiger partial charge in [-0.25, -0.2) is 4.79 Å². The highest BCUT2D eigenvalue weighted by Gasteiger charge is 2.22. The van der Waals surface area contributed by atoms with Crippen LogP contribution >= 0.6 is 22.9 Å². The fraction of sp³-hybridized carbons (Fsp3) is 0.312. The SMILES string of the molecule is CC(NC(=O)N1CCC1)c1ccc(-c2ccc(Cl)cc2)s1. The molecule has 0 spiro atoms. The molecule has 1 N–H and O–H groups in total. The Morgan fingerprint density at radius 1 is 1.24 bits per heavy atom. The summed E-state index contributed by atoms with van der Waals surface area (Å²) < 4.78 is 0. The van der Waals surface area contributed by atoms with Gasteiger partial charge in [0.25, 0.3) is 0 Å². The molecule has 1 unspecified atom stereocenters.